The third-order valence-electron chi connectivity index (χ3n) is 3.56. The number of ether oxygens (including phenoxy) is 1. The van der Waals surface area contributed by atoms with Gasteiger partial charge >= 0.3 is 0 Å². The molecule has 1 fully saturated rings. The summed E-state index contributed by atoms with van der Waals surface area (Å²) in [6.45, 7) is 2.52. The second-order valence-corrected chi connectivity index (χ2v) is 5.42. The van der Waals surface area contributed by atoms with Crippen molar-refractivity contribution in [2.45, 2.75) is 6.54 Å². The number of halogens is 1. The molecule has 0 aliphatic carbocycles. The molecule has 3 rings (SSSR count). The number of piperazine rings is 1. The summed E-state index contributed by atoms with van der Waals surface area (Å²) in [5, 5.41) is 4.30. The quantitative estimate of drug-likeness (QED) is 0.879. The number of methoxy groups -OCH3 is 1. The number of hydrogen-bond donors (Lipinski definition) is 1. The van der Waals surface area contributed by atoms with Crippen LogP contribution in [0.25, 0.3) is 10.9 Å². The van der Waals surface area contributed by atoms with E-state index in [1.807, 2.05) is 24.3 Å². The smallest absolute Gasteiger partial charge is 0.234 e. The van der Waals surface area contributed by atoms with Crippen LogP contribution in [0, 0.1) is 0 Å². The zero-order valence-electron chi connectivity index (χ0n) is 11.7. The summed E-state index contributed by atoms with van der Waals surface area (Å²) < 4.78 is 5.19. The number of carbonyl (C=O) groups is 1. The Labute approximate surface area is 127 Å². The molecule has 1 aliphatic heterocycles. The van der Waals surface area contributed by atoms with E-state index < -0.39 is 0 Å². The molecular weight excluding hydrogens is 290 g/mol. The van der Waals surface area contributed by atoms with Crippen molar-refractivity contribution in [3.63, 3.8) is 0 Å². The molecule has 5 nitrogen and oxygen atoms in total. The molecule has 1 aromatic heterocycles. The lowest BCUT2D eigenvalue weighted by Gasteiger charge is -2.26. The van der Waals surface area contributed by atoms with Crippen molar-refractivity contribution in [3.05, 3.63) is 35.0 Å². The molecule has 0 spiro atoms. The van der Waals surface area contributed by atoms with Crippen LogP contribution in [0.2, 0.25) is 5.15 Å². The van der Waals surface area contributed by atoms with Crippen LogP contribution < -0.4 is 10.1 Å². The van der Waals surface area contributed by atoms with Crippen LogP contribution in [0.3, 0.4) is 0 Å². The molecule has 1 aliphatic rings. The van der Waals surface area contributed by atoms with E-state index in [2.05, 4.69) is 15.2 Å². The monoisotopic (exact) mass is 305 g/mol. The molecule has 1 aromatic carbocycles. The zero-order valence-corrected chi connectivity index (χ0v) is 12.5. The Morgan fingerprint density at radius 2 is 2.29 bits per heavy atom. The van der Waals surface area contributed by atoms with Crippen LogP contribution in [-0.2, 0) is 11.3 Å². The van der Waals surface area contributed by atoms with Gasteiger partial charge in [-0.3, -0.25) is 9.69 Å². The van der Waals surface area contributed by atoms with Gasteiger partial charge in [0.25, 0.3) is 0 Å². The lowest BCUT2D eigenvalue weighted by Crippen LogP contribution is -2.47. The minimum absolute atomic E-state index is 0.0517. The topological polar surface area (TPSA) is 54.5 Å². The highest BCUT2D eigenvalue weighted by Gasteiger charge is 2.17. The first-order chi connectivity index (χ1) is 10.2. The Hall–Kier alpha value is -1.85. The van der Waals surface area contributed by atoms with Crippen LogP contribution in [0.4, 0.5) is 0 Å². The predicted molar refractivity (Wildman–Crippen MR) is 81.6 cm³/mol. The maximum atomic E-state index is 11.4. The number of aromatic nitrogens is 1. The molecule has 0 radical (unpaired) electrons. The van der Waals surface area contributed by atoms with Crippen molar-refractivity contribution >= 4 is 28.4 Å². The van der Waals surface area contributed by atoms with Gasteiger partial charge in [0.15, 0.2) is 0 Å². The lowest BCUT2D eigenvalue weighted by atomic mass is 10.1. The van der Waals surface area contributed by atoms with E-state index in [0.29, 0.717) is 24.8 Å². The Kier molecular flexibility index (Phi) is 3.94. The van der Waals surface area contributed by atoms with Gasteiger partial charge in [-0.15, -0.1) is 0 Å². The molecule has 21 heavy (non-hydrogen) atoms. The largest absolute Gasteiger partial charge is 0.497 e. The summed E-state index contributed by atoms with van der Waals surface area (Å²) in [6, 6.07) is 7.75. The first-order valence-electron chi connectivity index (χ1n) is 6.78. The molecule has 1 N–H and O–H groups in total. The summed E-state index contributed by atoms with van der Waals surface area (Å²) in [4.78, 5) is 17.9. The van der Waals surface area contributed by atoms with Gasteiger partial charge in [-0.05, 0) is 18.2 Å². The van der Waals surface area contributed by atoms with Crippen molar-refractivity contribution in [3.8, 4) is 5.75 Å². The first kappa shape index (κ1) is 14.1. The van der Waals surface area contributed by atoms with Gasteiger partial charge in [-0.1, -0.05) is 11.6 Å². The number of benzene rings is 1. The molecule has 0 unspecified atom stereocenters. The van der Waals surface area contributed by atoms with Crippen LogP contribution in [0.15, 0.2) is 24.3 Å². The third-order valence-corrected chi connectivity index (χ3v) is 3.89. The average Bonchev–Trinajstić information content (AvgIpc) is 2.47. The van der Waals surface area contributed by atoms with Crippen molar-refractivity contribution in [1.29, 1.82) is 0 Å². The summed E-state index contributed by atoms with van der Waals surface area (Å²) in [5.41, 5.74) is 1.74. The van der Waals surface area contributed by atoms with Gasteiger partial charge in [0.1, 0.15) is 10.9 Å². The fourth-order valence-corrected chi connectivity index (χ4v) is 2.68. The zero-order chi connectivity index (χ0) is 14.8. The molecule has 110 valence electrons. The van der Waals surface area contributed by atoms with Crippen LogP contribution >= 0.6 is 11.6 Å². The normalized spacial score (nSPS) is 16.0. The molecule has 2 heterocycles. The molecule has 1 saturated heterocycles. The van der Waals surface area contributed by atoms with E-state index in [0.717, 1.165) is 28.8 Å². The summed E-state index contributed by atoms with van der Waals surface area (Å²) in [7, 11) is 1.62. The van der Waals surface area contributed by atoms with Crippen molar-refractivity contribution in [2.75, 3.05) is 26.7 Å². The standard InChI is InChI=1S/C15H16ClN3O2/c1-21-12-3-2-10-6-11(15(16)18-13(10)7-12)8-19-5-4-17-14(20)9-19/h2-3,6-7H,4-5,8-9H2,1H3,(H,17,20). The Morgan fingerprint density at radius 3 is 3.05 bits per heavy atom. The van der Waals surface area contributed by atoms with E-state index in [-0.39, 0.29) is 5.91 Å². The summed E-state index contributed by atoms with van der Waals surface area (Å²) >= 11 is 6.28. The minimum atomic E-state index is 0.0517. The van der Waals surface area contributed by atoms with Gasteiger partial charge in [0.05, 0.1) is 19.2 Å². The minimum Gasteiger partial charge on any atom is -0.497 e. The predicted octanol–water partition coefficient (Wildman–Crippen LogP) is 1.83. The lowest BCUT2D eigenvalue weighted by molar-refractivity contribution is -0.124. The number of rotatable bonds is 3. The van der Waals surface area contributed by atoms with E-state index >= 15 is 0 Å². The molecule has 0 atom stereocenters. The Balaban J connectivity index is 1.88. The average molecular weight is 306 g/mol. The highest BCUT2D eigenvalue weighted by Crippen LogP contribution is 2.25. The maximum absolute atomic E-state index is 11.4. The number of fused-ring (bicyclic) bond motifs is 1. The summed E-state index contributed by atoms with van der Waals surface area (Å²) in [6.07, 6.45) is 0. The van der Waals surface area contributed by atoms with Crippen molar-refractivity contribution in [2.24, 2.45) is 0 Å². The molecular formula is C15H16ClN3O2. The summed E-state index contributed by atoms with van der Waals surface area (Å²) in [5.74, 6) is 0.808. The second-order valence-electron chi connectivity index (χ2n) is 5.06. The van der Waals surface area contributed by atoms with E-state index in [1.54, 1.807) is 7.11 Å². The third kappa shape index (κ3) is 3.09. The molecule has 0 bridgehead atoms. The van der Waals surface area contributed by atoms with Crippen LogP contribution in [-0.4, -0.2) is 42.5 Å². The highest BCUT2D eigenvalue weighted by atomic mass is 35.5. The second kappa shape index (κ2) is 5.87. The highest BCUT2D eigenvalue weighted by molar-refractivity contribution is 6.30. The Bertz CT molecular complexity index is 690. The fraction of sp³-hybridized carbons (Fsp3) is 0.333. The van der Waals surface area contributed by atoms with Crippen molar-refractivity contribution in [1.82, 2.24) is 15.2 Å². The molecule has 2 aromatic rings. The van der Waals surface area contributed by atoms with Gasteiger partial charge in [0.2, 0.25) is 5.91 Å². The van der Waals surface area contributed by atoms with Gasteiger partial charge in [0, 0.05) is 36.7 Å². The van der Waals surface area contributed by atoms with Gasteiger partial charge < -0.3 is 10.1 Å². The van der Waals surface area contributed by atoms with Crippen LogP contribution in [0.1, 0.15) is 5.56 Å². The SMILES string of the molecule is COc1ccc2cc(CN3CCNC(=O)C3)c(Cl)nc2c1. The molecule has 1 amide bonds. The number of nitrogens with zero attached hydrogens (tertiary/aromatic N) is 2. The molecule has 0 saturated carbocycles. The maximum Gasteiger partial charge on any atom is 0.234 e. The van der Waals surface area contributed by atoms with E-state index in [4.69, 9.17) is 16.3 Å². The molecule has 6 heteroatoms. The number of amides is 1. The van der Waals surface area contributed by atoms with E-state index in [9.17, 15) is 4.79 Å². The number of pyridine rings is 1. The number of nitrogens with one attached hydrogen (secondary N) is 1. The van der Waals surface area contributed by atoms with Crippen molar-refractivity contribution < 1.29 is 9.53 Å². The van der Waals surface area contributed by atoms with Gasteiger partial charge in [-0.25, -0.2) is 4.98 Å². The fourth-order valence-electron chi connectivity index (χ4n) is 2.47. The number of carbonyl (C=O) groups excluding carboxylic acids is 1. The Morgan fingerprint density at radius 1 is 1.43 bits per heavy atom. The van der Waals surface area contributed by atoms with Gasteiger partial charge in [-0.2, -0.15) is 0 Å². The van der Waals surface area contributed by atoms with E-state index in [1.165, 1.54) is 0 Å². The number of hydrogen-bond acceptors (Lipinski definition) is 4. The first-order valence-corrected chi connectivity index (χ1v) is 7.16. The van der Waals surface area contributed by atoms with Crippen LogP contribution in [0.5, 0.6) is 5.75 Å².